The lowest BCUT2D eigenvalue weighted by atomic mass is 10.0. The summed E-state index contributed by atoms with van der Waals surface area (Å²) >= 11 is 0. The molecule has 2 aromatic carbocycles. The van der Waals surface area contributed by atoms with Gasteiger partial charge in [0.1, 0.15) is 11.6 Å². The van der Waals surface area contributed by atoms with E-state index in [0.29, 0.717) is 0 Å². The SMILES string of the molecule is CC.CCCc1[nH]c(C2=CCCC=C2)nc1-c1cccc(-c2nc(-c3ccccc3)[nH]c2CCC)c1. The largest absolute Gasteiger partial charge is 0.341 e. The van der Waals surface area contributed by atoms with E-state index in [0.717, 1.165) is 78.3 Å². The Hall–Kier alpha value is -3.66. The molecule has 0 saturated heterocycles. The summed E-state index contributed by atoms with van der Waals surface area (Å²) in [5, 5.41) is 0. The number of benzene rings is 2. The Bertz CT molecular complexity index is 1320. The first-order valence-electron chi connectivity index (χ1n) is 13.5. The van der Waals surface area contributed by atoms with Crippen LogP contribution in [0.25, 0.3) is 39.5 Å². The summed E-state index contributed by atoms with van der Waals surface area (Å²) in [4.78, 5) is 17.3. The molecule has 4 nitrogen and oxygen atoms in total. The maximum absolute atomic E-state index is 5.07. The lowest BCUT2D eigenvalue weighted by Crippen LogP contribution is -1.91. The second-order valence-corrected chi connectivity index (χ2v) is 8.91. The van der Waals surface area contributed by atoms with Crippen LogP contribution in [-0.4, -0.2) is 19.9 Å². The highest BCUT2D eigenvalue weighted by Crippen LogP contribution is 2.32. The van der Waals surface area contributed by atoms with Crippen LogP contribution in [0.15, 0.2) is 72.8 Å². The number of hydrogen-bond acceptors (Lipinski definition) is 2. The van der Waals surface area contributed by atoms with Gasteiger partial charge in [0.05, 0.1) is 11.4 Å². The molecule has 0 amide bonds. The Kier molecular flexibility index (Phi) is 8.72. The summed E-state index contributed by atoms with van der Waals surface area (Å²) in [5.41, 5.74) is 9.04. The molecular formula is C32H38N4. The quantitative estimate of drug-likeness (QED) is 0.266. The predicted molar refractivity (Wildman–Crippen MR) is 153 cm³/mol. The molecule has 0 fully saturated rings. The number of allylic oxidation sites excluding steroid dienone is 4. The van der Waals surface area contributed by atoms with Gasteiger partial charge in [-0.2, -0.15) is 0 Å². The van der Waals surface area contributed by atoms with Crippen molar-refractivity contribution in [2.45, 2.75) is 66.2 Å². The average molecular weight is 479 g/mol. The van der Waals surface area contributed by atoms with Crippen molar-refractivity contribution >= 4 is 5.57 Å². The first-order valence-corrected chi connectivity index (χ1v) is 13.5. The minimum absolute atomic E-state index is 0.925. The Labute approximate surface area is 215 Å². The first kappa shape index (κ1) is 25.4. The molecule has 0 atom stereocenters. The number of aromatic nitrogens is 4. The maximum atomic E-state index is 5.07. The van der Waals surface area contributed by atoms with E-state index < -0.39 is 0 Å². The van der Waals surface area contributed by atoms with E-state index in [4.69, 9.17) is 9.97 Å². The molecule has 4 aromatic rings. The fraction of sp³-hybridized carbons (Fsp3) is 0.312. The van der Waals surface area contributed by atoms with E-state index in [-0.39, 0.29) is 0 Å². The van der Waals surface area contributed by atoms with Crippen LogP contribution in [0.1, 0.15) is 70.6 Å². The van der Waals surface area contributed by atoms with Crippen molar-refractivity contribution in [3.8, 4) is 33.9 Å². The monoisotopic (exact) mass is 478 g/mol. The Morgan fingerprint density at radius 3 is 1.86 bits per heavy atom. The number of aromatic amines is 2. The molecule has 4 heteroatoms. The van der Waals surface area contributed by atoms with Gasteiger partial charge in [0.25, 0.3) is 0 Å². The number of rotatable bonds is 8. The lowest BCUT2D eigenvalue weighted by Gasteiger charge is -2.06. The molecule has 1 aliphatic rings. The molecule has 36 heavy (non-hydrogen) atoms. The zero-order chi connectivity index (χ0) is 25.3. The highest BCUT2D eigenvalue weighted by atomic mass is 14.9. The molecule has 5 rings (SSSR count). The van der Waals surface area contributed by atoms with Gasteiger partial charge >= 0.3 is 0 Å². The van der Waals surface area contributed by atoms with E-state index in [1.54, 1.807) is 0 Å². The van der Waals surface area contributed by atoms with Crippen LogP contribution in [0.3, 0.4) is 0 Å². The lowest BCUT2D eigenvalue weighted by molar-refractivity contribution is 0.892. The van der Waals surface area contributed by atoms with Crippen LogP contribution in [0.2, 0.25) is 0 Å². The van der Waals surface area contributed by atoms with Crippen molar-refractivity contribution in [3.63, 3.8) is 0 Å². The van der Waals surface area contributed by atoms with E-state index in [9.17, 15) is 0 Å². The summed E-state index contributed by atoms with van der Waals surface area (Å²) < 4.78 is 0. The van der Waals surface area contributed by atoms with Gasteiger partial charge in [-0.05, 0) is 31.7 Å². The smallest absolute Gasteiger partial charge is 0.138 e. The van der Waals surface area contributed by atoms with Crippen molar-refractivity contribution in [2.24, 2.45) is 0 Å². The van der Waals surface area contributed by atoms with Gasteiger partial charge in [0.15, 0.2) is 0 Å². The van der Waals surface area contributed by atoms with Crippen molar-refractivity contribution < 1.29 is 0 Å². The van der Waals surface area contributed by atoms with Gasteiger partial charge in [0.2, 0.25) is 0 Å². The van der Waals surface area contributed by atoms with Crippen LogP contribution in [0.4, 0.5) is 0 Å². The van der Waals surface area contributed by atoms with Crippen LogP contribution in [0, 0.1) is 0 Å². The molecule has 0 bridgehead atoms. The Morgan fingerprint density at radius 2 is 1.28 bits per heavy atom. The third-order valence-corrected chi connectivity index (χ3v) is 6.28. The molecule has 0 unspecified atom stereocenters. The fourth-order valence-corrected chi connectivity index (χ4v) is 4.63. The summed E-state index contributed by atoms with van der Waals surface area (Å²) in [7, 11) is 0. The second kappa shape index (κ2) is 12.3. The molecular weight excluding hydrogens is 440 g/mol. The molecule has 1 aliphatic carbocycles. The Morgan fingerprint density at radius 1 is 0.694 bits per heavy atom. The minimum atomic E-state index is 0.925. The molecule has 2 heterocycles. The molecule has 2 aromatic heterocycles. The van der Waals surface area contributed by atoms with Crippen molar-refractivity contribution in [2.75, 3.05) is 0 Å². The molecule has 0 radical (unpaired) electrons. The number of nitrogens with zero attached hydrogens (tertiary/aromatic N) is 2. The predicted octanol–water partition coefficient (Wildman–Crippen LogP) is 8.80. The van der Waals surface area contributed by atoms with Gasteiger partial charge in [0, 0.05) is 33.7 Å². The van der Waals surface area contributed by atoms with Crippen molar-refractivity contribution in [1.82, 2.24) is 19.9 Å². The van der Waals surface area contributed by atoms with Gasteiger partial charge in [-0.25, -0.2) is 9.97 Å². The van der Waals surface area contributed by atoms with Crippen LogP contribution >= 0.6 is 0 Å². The van der Waals surface area contributed by atoms with Crippen LogP contribution < -0.4 is 0 Å². The van der Waals surface area contributed by atoms with Crippen LogP contribution in [0.5, 0.6) is 0 Å². The van der Waals surface area contributed by atoms with Crippen molar-refractivity contribution in [3.05, 3.63) is 90.0 Å². The van der Waals surface area contributed by atoms with Gasteiger partial charge < -0.3 is 9.97 Å². The third-order valence-electron chi connectivity index (χ3n) is 6.28. The fourth-order valence-electron chi connectivity index (χ4n) is 4.63. The second-order valence-electron chi connectivity index (χ2n) is 8.91. The van der Waals surface area contributed by atoms with E-state index in [1.165, 1.54) is 17.0 Å². The standard InChI is InChI=1S/C30H32N4.C2H6/c1-3-12-25-27(33-29(31-25)21-14-7-5-8-15-21)23-18-11-19-24(20-23)28-26(13-4-2)32-30(34-28)22-16-9-6-10-17-22;1-2/h5,7-9,11,14-20H,3-4,6,10,12-13H2,1-2H3,(H,31,33)(H,32,34);1-2H3. The topological polar surface area (TPSA) is 57.4 Å². The highest BCUT2D eigenvalue weighted by Gasteiger charge is 2.17. The third kappa shape index (κ3) is 5.59. The molecule has 0 aliphatic heterocycles. The zero-order valence-corrected chi connectivity index (χ0v) is 22.1. The van der Waals surface area contributed by atoms with E-state index >= 15 is 0 Å². The summed E-state index contributed by atoms with van der Waals surface area (Å²) in [6, 6.07) is 19.0. The van der Waals surface area contributed by atoms with Gasteiger partial charge in [-0.1, -0.05) is 107 Å². The normalized spacial score (nSPS) is 12.7. The first-order chi connectivity index (χ1) is 17.8. The number of H-pyrrole nitrogens is 2. The number of hydrogen-bond donors (Lipinski definition) is 2. The minimum Gasteiger partial charge on any atom is -0.341 e. The Balaban J connectivity index is 0.00000148. The zero-order valence-electron chi connectivity index (χ0n) is 22.1. The van der Waals surface area contributed by atoms with Crippen LogP contribution in [-0.2, 0) is 12.8 Å². The van der Waals surface area contributed by atoms with E-state index in [1.807, 2.05) is 19.9 Å². The van der Waals surface area contributed by atoms with E-state index in [2.05, 4.69) is 90.6 Å². The summed E-state index contributed by atoms with van der Waals surface area (Å²) in [6.07, 6.45) is 13.0. The molecule has 2 N–H and O–H groups in total. The molecule has 186 valence electrons. The maximum Gasteiger partial charge on any atom is 0.138 e. The van der Waals surface area contributed by atoms with Gasteiger partial charge in [-0.15, -0.1) is 0 Å². The molecule has 0 spiro atoms. The summed E-state index contributed by atoms with van der Waals surface area (Å²) in [6.45, 7) is 8.42. The average Bonchev–Trinajstić information content (AvgIpc) is 3.56. The molecule has 0 saturated carbocycles. The van der Waals surface area contributed by atoms with Crippen molar-refractivity contribution in [1.29, 1.82) is 0 Å². The number of imidazole rings is 2. The highest BCUT2D eigenvalue weighted by molar-refractivity contribution is 5.77. The van der Waals surface area contributed by atoms with Gasteiger partial charge in [-0.3, -0.25) is 0 Å². The summed E-state index contributed by atoms with van der Waals surface area (Å²) in [5.74, 6) is 1.90. The number of aryl methyl sites for hydroxylation is 2. The number of nitrogens with one attached hydrogen (secondary N) is 2.